The number of aromatic nitrogens is 1. The number of anilines is 2. The molecule has 0 saturated heterocycles. The molecular weight excluding hydrogens is 443 g/mol. The Kier molecular flexibility index (Phi) is 6.40. The van der Waals surface area contributed by atoms with Gasteiger partial charge in [-0.25, -0.2) is 4.98 Å². The lowest BCUT2D eigenvalue weighted by Crippen LogP contribution is -2.13. The van der Waals surface area contributed by atoms with Gasteiger partial charge in [-0.3, -0.25) is 9.59 Å². The van der Waals surface area contributed by atoms with Gasteiger partial charge in [0.1, 0.15) is 0 Å². The Hall–Kier alpha value is -2.46. The quantitative estimate of drug-likeness (QED) is 0.338. The second-order valence-electron chi connectivity index (χ2n) is 5.81. The lowest BCUT2D eigenvalue weighted by Gasteiger charge is -2.06. The van der Waals surface area contributed by atoms with Crippen molar-refractivity contribution >= 4 is 68.4 Å². The fourth-order valence-electron chi connectivity index (χ4n) is 2.44. The summed E-state index contributed by atoms with van der Waals surface area (Å²) in [4.78, 5) is 31.5. The monoisotopic (exact) mass is 457 g/mol. The maximum Gasteiger partial charge on any atom is 0.265 e. The number of hydrogen-bond acceptors (Lipinski definition) is 7. The zero-order valence-corrected chi connectivity index (χ0v) is 18.2. The van der Waals surface area contributed by atoms with Gasteiger partial charge in [0.05, 0.1) is 21.2 Å². The number of rotatable bonds is 7. The molecule has 0 aliphatic rings. The molecule has 29 heavy (non-hydrogen) atoms. The van der Waals surface area contributed by atoms with E-state index in [9.17, 15) is 9.59 Å². The van der Waals surface area contributed by atoms with Crippen LogP contribution >= 0.6 is 45.8 Å². The third kappa shape index (κ3) is 5.33. The Morgan fingerprint density at radius 1 is 0.966 bits per heavy atom. The first-order chi connectivity index (χ1) is 14.2. The van der Waals surface area contributed by atoms with E-state index in [1.165, 1.54) is 34.4 Å². The molecule has 0 unspecified atom stereocenters. The minimum absolute atomic E-state index is 0.116. The molecule has 0 aliphatic carbocycles. The number of nitrogens with one attached hydrogen (secondary N) is 2. The molecule has 4 rings (SSSR count). The molecule has 0 aliphatic heterocycles. The standard InChI is InChI=1S/C20H15N3O2S4/c24-18(23-20-22-15(11-29-20)16-6-2-8-26-16)12-28-14-5-1-4-13(10-14)21-19(25)17-7-3-9-27-17/h1-11H,12H2,(H,21,25)(H,22,23,24). The number of amides is 2. The molecule has 0 fully saturated rings. The average molecular weight is 458 g/mol. The van der Waals surface area contributed by atoms with Crippen LogP contribution in [0.5, 0.6) is 0 Å². The highest BCUT2D eigenvalue weighted by atomic mass is 32.2. The number of nitrogens with zero attached hydrogens (tertiary/aromatic N) is 1. The van der Waals surface area contributed by atoms with Crippen LogP contribution in [0.25, 0.3) is 10.6 Å². The van der Waals surface area contributed by atoms with Crippen LogP contribution in [0.2, 0.25) is 0 Å². The van der Waals surface area contributed by atoms with Gasteiger partial charge in [0.2, 0.25) is 5.91 Å². The van der Waals surface area contributed by atoms with Crippen LogP contribution in [0.1, 0.15) is 9.67 Å². The lowest BCUT2D eigenvalue weighted by molar-refractivity contribution is -0.113. The van der Waals surface area contributed by atoms with E-state index < -0.39 is 0 Å². The molecule has 2 N–H and O–H groups in total. The number of thiophene rings is 2. The van der Waals surface area contributed by atoms with E-state index in [1.807, 2.05) is 58.6 Å². The van der Waals surface area contributed by atoms with Gasteiger partial charge >= 0.3 is 0 Å². The summed E-state index contributed by atoms with van der Waals surface area (Å²) >= 11 is 5.84. The van der Waals surface area contributed by atoms with Crippen LogP contribution in [0.3, 0.4) is 0 Å². The van der Waals surface area contributed by atoms with E-state index in [-0.39, 0.29) is 17.6 Å². The zero-order valence-electron chi connectivity index (χ0n) is 15.0. The number of hydrogen-bond donors (Lipinski definition) is 2. The second-order valence-corrected chi connectivity index (χ2v) is 9.61. The van der Waals surface area contributed by atoms with Gasteiger partial charge < -0.3 is 10.6 Å². The number of benzene rings is 1. The minimum atomic E-state index is -0.134. The summed E-state index contributed by atoms with van der Waals surface area (Å²) in [6.07, 6.45) is 0. The Labute approximate surface area is 183 Å². The molecule has 2 amide bonds. The Morgan fingerprint density at radius 3 is 2.62 bits per heavy atom. The van der Waals surface area contributed by atoms with E-state index in [1.54, 1.807) is 17.4 Å². The zero-order chi connectivity index (χ0) is 20.1. The van der Waals surface area contributed by atoms with Crippen molar-refractivity contribution in [2.45, 2.75) is 4.90 Å². The highest BCUT2D eigenvalue weighted by Gasteiger charge is 2.10. The Morgan fingerprint density at radius 2 is 1.83 bits per heavy atom. The normalized spacial score (nSPS) is 10.6. The van der Waals surface area contributed by atoms with Gasteiger partial charge in [0.15, 0.2) is 5.13 Å². The highest BCUT2D eigenvalue weighted by molar-refractivity contribution is 8.00. The molecule has 0 spiro atoms. The number of carbonyl (C=O) groups excluding carboxylic acids is 2. The van der Waals surface area contributed by atoms with Crippen molar-refractivity contribution in [3.8, 4) is 10.6 Å². The van der Waals surface area contributed by atoms with E-state index in [0.29, 0.717) is 15.7 Å². The van der Waals surface area contributed by atoms with Gasteiger partial charge in [-0.15, -0.1) is 45.8 Å². The predicted molar refractivity (Wildman–Crippen MR) is 123 cm³/mol. The predicted octanol–water partition coefficient (Wildman–Crippen LogP) is 5.92. The van der Waals surface area contributed by atoms with Crippen molar-refractivity contribution < 1.29 is 9.59 Å². The van der Waals surface area contributed by atoms with Crippen LogP contribution in [0, 0.1) is 0 Å². The first kappa shape index (κ1) is 19.8. The van der Waals surface area contributed by atoms with Crippen molar-refractivity contribution in [1.82, 2.24) is 4.98 Å². The molecule has 146 valence electrons. The summed E-state index contributed by atoms with van der Waals surface area (Å²) in [6, 6.07) is 15.1. The Bertz CT molecular complexity index is 1100. The number of thiazole rings is 1. The molecule has 3 heterocycles. The smallest absolute Gasteiger partial charge is 0.265 e. The van der Waals surface area contributed by atoms with Crippen LogP contribution in [-0.4, -0.2) is 22.6 Å². The van der Waals surface area contributed by atoms with Gasteiger partial charge in [-0.05, 0) is 41.1 Å². The molecular formula is C20H15N3O2S4. The fraction of sp³-hybridized carbons (Fsp3) is 0.0500. The molecule has 1 aromatic carbocycles. The highest BCUT2D eigenvalue weighted by Crippen LogP contribution is 2.28. The SMILES string of the molecule is O=C(CSc1cccc(NC(=O)c2cccs2)c1)Nc1nc(-c2cccs2)cs1. The summed E-state index contributed by atoms with van der Waals surface area (Å²) in [6.45, 7) is 0. The molecule has 0 radical (unpaired) electrons. The number of carbonyl (C=O) groups is 2. The summed E-state index contributed by atoms with van der Waals surface area (Å²) in [5, 5.41) is 12.1. The van der Waals surface area contributed by atoms with Crippen LogP contribution < -0.4 is 10.6 Å². The summed E-state index contributed by atoms with van der Waals surface area (Å²) in [7, 11) is 0. The molecule has 5 nitrogen and oxygen atoms in total. The van der Waals surface area contributed by atoms with Crippen molar-refractivity contribution in [1.29, 1.82) is 0 Å². The first-order valence-electron chi connectivity index (χ1n) is 8.54. The van der Waals surface area contributed by atoms with Gasteiger partial charge in [0, 0.05) is 16.0 Å². The Balaban J connectivity index is 1.31. The topological polar surface area (TPSA) is 71.1 Å². The van der Waals surface area contributed by atoms with E-state index >= 15 is 0 Å². The molecule has 0 bridgehead atoms. The van der Waals surface area contributed by atoms with E-state index in [4.69, 9.17) is 0 Å². The molecule has 0 saturated carbocycles. The average Bonchev–Trinajstić information content (AvgIpc) is 3.48. The van der Waals surface area contributed by atoms with E-state index in [0.717, 1.165) is 15.5 Å². The van der Waals surface area contributed by atoms with Crippen LogP contribution in [0.15, 0.2) is 69.6 Å². The summed E-state index contributed by atoms with van der Waals surface area (Å²) in [5.41, 5.74) is 1.58. The first-order valence-corrected chi connectivity index (χ1v) is 12.2. The van der Waals surface area contributed by atoms with Crippen LogP contribution in [0.4, 0.5) is 10.8 Å². The molecule has 3 aromatic heterocycles. The third-order valence-electron chi connectivity index (χ3n) is 3.73. The van der Waals surface area contributed by atoms with Crippen LogP contribution in [-0.2, 0) is 4.79 Å². The molecule has 9 heteroatoms. The lowest BCUT2D eigenvalue weighted by atomic mass is 10.3. The number of thioether (sulfide) groups is 1. The van der Waals surface area contributed by atoms with Crippen molar-refractivity contribution in [3.63, 3.8) is 0 Å². The largest absolute Gasteiger partial charge is 0.321 e. The van der Waals surface area contributed by atoms with Crippen molar-refractivity contribution in [2.24, 2.45) is 0 Å². The van der Waals surface area contributed by atoms with Crippen molar-refractivity contribution in [2.75, 3.05) is 16.4 Å². The van der Waals surface area contributed by atoms with Crippen molar-refractivity contribution in [3.05, 3.63) is 69.5 Å². The summed E-state index contributed by atoms with van der Waals surface area (Å²) in [5.74, 6) is 0.0104. The maximum absolute atomic E-state index is 12.3. The van der Waals surface area contributed by atoms with E-state index in [2.05, 4.69) is 15.6 Å². The molecule has 4 aromatic rings. The minimum Gasteiger partial charge on any atom is -0.321 e. The summed E-state index contributed by atoms with van der Waals surface area (Å²) < 4.78 is 0. The van der Waals surface area contributed by atoms with Gasteiger partial charge in [-0.1, -0.05) is 18.2 Å². The molecule has 0 atom stereocenters. The third-order valence-corrected chi connectivity index (χ3v) is 7.24. The fourth-order valence-corrected chi connectivity index (χ4v) is 5.30. The maximum atomic E-state index is 12.3. The second kappa shape index (κ2) is 9.36. The van der Waals surface area contributed by atoms with Gasteiger partial charge in [-0.2, -0.15) is 0 Å². The van der Waals surface area contributed by atoms with Gasteiger partial charge in [0.25, 0.3) is 5.91 Å².